The van der Waals surface area contributed by atoms with Crippen molar-refractivity contribution in [2.45, 2.75) is 25.8 Å². The second-order valence-corrected chi connectivity index (χ2v) is 4.48. The molecule has 0 bridgehead atoms. The van der Waals surface area contributed by atoms with E-state index in [1.807, 2.05) is 18.2 Å². The van der Waals surface area contributed by atoms with Crippen molar-refractivity contribution >= 4 is 0 Å². The summed E-state index contributed by atoms with van der Waals surface area (Å²) in [4.78, 5) is 2.42. The Labute approximate surface area is 103 Å². The maximum atomic E-state index is 9.96. The number of ether oxygens (including phenoxy) is 1. The summed E-state index contributed by atoms with van der Waals surface area (Å²) in [5.41, 5.74) is 1.04. The minimum Gasteiger partial charge on any atom is -0.508 e. The Morgan fingerprint density at radius 2 is 2.12 bits per heavy atom. The summed E-state index contributed by atoms with van der Waals surface area (Å²) in [6, 6.07) is 7.96. The lowest BCUT2D eigenvalue weighted by Gasteiger charge is -2.30. The van der Waals surface area contributed by atoms with E-state index in [0.29, 0.717) is 11.8 Å². The van der Waals surface area contributed by atoms with Gasteiger partial charge in [0, 0.05) is 31.3 Å². The molecule has 0 amide bonds. The minimum atomic E-state index is 0.304. The van der Waals surface area contributed by atoms with Crippen LogP contribution >= 0.6 is 0 Å². The average molecular weight is 235 g/mol. The van der Waals surface area contributed by atoms with Crippen LogP contribution in [0.5, 0.6) is 5.75 Å². The molecular weight excluding hydrogens is 214 g/mol. The fraction of sp³-hybridized carbons (Fsp3) is 0.571. The first-order valence-corrected chi connectivity index (χ1v) is 6.42. The second kappa shape index (κ2) is 6.03. The maximum Gasteiger partial charge on any atom is 0.120 e. The number of phenols is 1. The largest absolute Gasteiger partial charge is 0.508 e. The number of para-hydroxylation sites is 1. The van der Waals surface area contributed by atoms with Crippen molar-refractivity contribution in [3.05, 3.63) is 29.8 Å². The molecule has 1 aromatic rings. The van der Waals surface area contributed by atoms with E-state index >= 15 is 0 Å². The van der Waals surface area contributed by atoms with E-state index in [2.05, 4.69) is 11.8 Å². The highest BCUT2D eigenvalue weighted by Gasteiger charge is 2.21. The lowest BCUT2D eigenvalue weighted by atomic mass is 10.0. The Morgan fingerprint density at radius 3 is 2.88 bits per heavy atom. The standard InChI is InChI=1S/C14H21NO2/c1-2-13(12-6-3-4-7-14(12)16)15-8-5-10-17-11-9-15/h3-4,6-7,13,16H,2,5,8-11H2,1H3. The van der Waals surface area contributed by atoms with Crippen LogP contribution in [-0.4, -0.2) is 36.3 Å². The van der Waals surface area contributed by atoms with Crippen molar-refractivity contribution in [3.63, 3.8) is 0 Å². The van der Waals surface area contributed by atoms with Crippen LogP contribution in [-0.2, 0) is 4.74 Å². The molecule has 1 N–H and O–H groups in total. The number of aromatic hydroxyl groups is 1. The maximum absolute atomic E-state index is 9.96. The third-order valence-electron chi connectivity index (χ3n) is 3.38. The van der Waals surface area contributed by atoms with Crippen molar-refractivity contribution < 1.29 is 9.84 Å². The summed E-state index contributed by atoms with van der Waals surface area (Å²) in [6.07, 6.45) is 2.08. The van der Waals surface area contributed by atoms with Crippen molar-refractivity contribution in [3.8, 4) is 5.75 Å². The van der Waals surface area contributed by atoms with Gasteiger partial charge in [-0.2, -0.15) is 0 Å². The zero-order valence-corrected chi connectivity index (χ0v) is 10.4. The number of phenolic OH excluding ortho intramolecular Hbond substituents is 1. The highest BCUT2D eigenvalue weighted by molar-refractivity contribution is 5.34. The van der Waals surface area contributed by atoms with Gasteiger partial charge in [0.1, 0.15) is 5.75 Å². The number of hydrogen-bond donors (Lipinski definition) is 1. The van der Waals surface area contributed by atoms with Crippen LogP contribution in [0.25, 0.3) is 0 Å². The molecule has 3 nitrogen and oxygen atoms in total. The Hall–Kier alpha value is -1.06. The van der Waals surface area contributed by atoms with Gasteiger partial charge in [0.2, 0.25) is 0 Å². The highest BCUT2D eigenvalue weighted by atomic mass is 16.5. The molecule has 0 aromatic heterocycles. The van der Waals surface area contributed by atoms with Crippen molar-refractivity contribution in [1.29, 1.82) is 0 Å². The number of rotatable bonds is 3. The molecule has 1 heterocycles. The number of hydrogen-bond acceptors (Lipinski definition) is 3. The van der Waals surface area contributed by atoms with Gasteiger partial charge in [-0.3, -0.25) is 4.90 Å². The lowest BCUT2D eigenvalue weighted by Crippen LogP contribution is -2.30. The van der Waals surface area contributed by atoms with Crippen LogP contribution < -0.4 is 0 Å². The van der Waals surface area contributed by atoms with Gasteiger partial charge in [0.25, 0.3) is 0 Å². The predicted octanol–water partition coefficient (Wildman–Crippen LogP) is 2.57. The van der Waals surface area contributed by atoms with Gasteiger partial charge < -0.3 is 9.84 Å². The molecule has 1 unspecified atom stereocenters. The van der Waals surface area contributed by atoms with Crippen LogP contribution in [0.15, 0.2) is 24.3 Å². The molecule has 1 aliphatic heterocycles. The van der Waals surface area contributed by atoms with Gasteiger partial charge >= 0.3 is 0 Å². The minimum absolute atomic E-state index is 0.304. The highest BCUT2D eigenvalue weighted by Crippen LogP contribution is 2.31. The molecule has 0 spiro atoms. The van der Waals surface area contributed by atoms with Crippen LogP contribution in [0.4, 0.5) is 0 Å². The first-order valence-electron chi connectivity index (χ1n) is 6.42. The summed E-state index contributed by atoms with van der Waals surface area (Å²) in [5.74, 6) is 0.407. The average Bonchev–Trinajstić information content (AvgIpc) is 2.62. The van der Waals surface area contributed by atoms with Gasteiger partial charge in [-0.15, -0.1) is 0 Å². The van der Waals surface area contributed by atoms with Gasteiger partial charge in [-0.25, -0.2) is 0 Å². The fourth-order valence-corrected chi connectivity index (χ4v) is 2.52. The van der Waals surface area contributed by atoms with Crippen molar-refractivity contribution in [2.24, 2.45) is 0 Å². The normalized spacial score (nSPS) is 19.8. The molecule has 1 fully saturated rings. The Bertz CT molecular complexity index is 346. The molecule has 3 heteroatoms. The SMILES string of the molecule is CCC(c1ccccc1O)N1CCCOCC1. The fourth-order valence-electron chi connectivity index (χ4n) is 2.52. The van der Waals surface area contributed by atoms with Gasteiger partial charge in [0.05, 0.1) is 6.61 Å². The monoisotopic (exact) mass is 235 g/mol. The Kier molecular flexibility index (Phi) is 4.40. The molecule has 17 heavy (non-hydrogen) atoms. The van der Waals surface area contributed by atoms with Crippen molar-refractivity contribution in [1.82, 2.24) is 4.90 Å². The Morgan fingerprint density at radius 1 is 1.29 bits per heavy atom. The molecule has 0 radical (unpaired) electrons. The second-order valence-electron chi connectivity index (χ2n) is 4.48. The number of benzene rings is 1. The van der Waals surface area contributed by atoms with Crippen LogP contribution in [0, 0.1) is 0 Å². The third kappa shape index (κ3) is 2.99. The molecule has 94 valence electrons. The summed E-state index contributed by atoms with van der Waals surface area (Å²) < 4.78 is 5.48. The smallest absolute Gasteiger partial charge is 0.120 e. The summed E-state index contributed by atoms with van der Waals surface area (Å²) in [6.45, 7) is 5.82. The van der Waals surface area contributed by atoms with Gasteiger partial charge in [-0.05, 0) is 18.9 Å². The van der Waals surface area contributed by atoms with E-state index in [0.717, 1.165) is 44.7 Å². The molecule has 1 atom stereocenters. The third-order valence-corrected chi connectivity index (χ3v) is 3.38. The van der Waals surface area contributed by atoms with E-state index in [1.54, 1.807) is 6.07 Å². The predicted molar refractivity (Wildman–Crippen MR) is 68.1 cm³/mol. The zero-order valence-electron chi connectivity index (χ0n) is 10.4. The van der Waals surface area contributed by atoms with Gasteiger partial charge in [0.15, 0.2) is 0 Å². The summed E-state index contributed by atoms with van der Waals surface area (Å²) in [5, 5.41) is 9.96. The first-order chi connectivity index (χ1) is 8.33. The Balaban J connectivity index is 2.17. The molecule has 0 saturated carbocycles. The molecule has 2 rings (SSSR count). The van der Waals surface area contributed by atoms with E-state index in [1.165, 1.54) is 0 Å². The van der Waals surface area contributed by atoms with E-state index < -0.39 is 0 Å². The number of nitrogens with zero attached hydrogens (tertiary/aromatic N) is 1. The zero-order chi connectivity index (χ0) is 12.1. The molecule has 0 aliphatic carbocycles. The molecule has 1 saturated heterocycles. The molecule has 1 aliphatic rings. The van der Waals surface area contributed by atoms with E-state index in [-0.39, 0.29) is 0 Å². The molecular formula is C14H21NO2. The van der Waals surface area contributed by atoms with Crippen LogP contribution in [0.1, 0.15) is 31.4 Å². The van der Waals surface area contributed by atoms with E-state index in [4.69, 9.17) is 4.74 Å². The summed E-state index contributed by atoms with van der Waals surface area (Å²) in [7, 11) is 0. The topological polar surface area (TPSA) is 32.7 Å². The quantitative estimate of drug-likeness (QED) is 0.874. The first kappa shape index (κ1) is 12.4. The van der Waals surface area contributed by atoms with Gasteiger partial charge in [-0.1, -0.05) is 25.1 Å². The van der Waals surface area contributed by atoms with Crippen molar-refractivity contribution in [2.75, 3.05) is 26.3 Å². The molecule has 1 aromatic carbocycles. The van der Waals surface area contributed by atoms with Crippen LogP contribution in [0.2, 0.25) is 0 Å². The van der Waals surface area contributed by atoms with Crippen LogP contribution in [0.3, 0.4) is 0 Å². The summed E-state index contributed by atoms with van der Waals surface area (Å²) >= 11 is 0. The lowest BCUT2D eigenvalue weighted by molar-refractivity contribution is 0.130. The van der Waals surface area contributed by atoms with E-state index in [9.17, 15) is 5.11 Å².